The first-order chi connectivity index (χ1) is 15.6. The Morgan fingerprint density at radius 3 is 2.47 bits per heavy atom. The monoisotopic (exact) mass is 447 g/mol. The van der Waals surface area contributed by atoms with Gasteiger partial charge in [-0.3, -0.25) is 14.6 Å². The highest BCUT2D eigenvalue weighted by Gasteiger charge is 2.33. The van der Waals surface area contributed by atoms with Crippen LogP contribution in [0.2, 0.25) is 0 Å². The molecule has 1 atom stereocenters. The summed E-state index contributed by atoms with van der Waals surface area (Å²) in [5, 5.41) is 5.19. The van der Waals surface area contributed by atoms with Crippen LogP contribution >= 0.6 is 11.3 Å². The average Bonchev–Trinajstić information content (AvgIpc) is 3.50. The average molecular weight is 448 g/mol. The Morgan fingerprint density at radius 1 is 1.09 bits per heavy atom. The highest BCUT2D eigenvalue weighted by molar-refractivity contribution is 7.10. The van der Waals surface area contributed by atoms with Gasteiger partial charge in [-0.15, -0.1) is 11.3 Å². The molecule has 1 fully saturated rings. The first-order valence-corrected chi connectivity index (χ1v) is 12.1. The Morgan fingerprint density at radius 2 is 1.81 bits per heavy atom. The lowest BCUT2D eigenvalue weighted by Crippen LogP contribution is -2.46. The minimum Gasteiger partial charge on any atom is -0.351 e. The van der Waals surface area contributed by atoms with E-state index in [4.69, 9.17) is 0 Å². The normalized spacial score (nSPS) is 14.8. The number of carbonyl (C=O) groups is 2. The van der Waals surface area contributed by atoms with Crippen LogP contribution in [0.4, 0.5) is 0 Å². The van der Waals surface area contributed by atoms with E-state index in [9.17, 15) is 9.59 Å². The third-order valence-electron chi connectivity index (χ3n) is 5.98. The number of carbonyl (C=O) groups excluding carboxylic acids is 2. The molecular formula is C26H29N3O2S. The van der Waals surface area contributed by atoms with Crippen LogP contribution in [-0.4, -0.2) is 27.7 Å². The van der Waals surface area contributed by atoms with Gasteiger partial charge in [-0.25, -0.2) is 0 Å². The molecule has 2 amide bonds. The summed E-state index contributed by atoms with van der Waals surface area (Å²) in [6, 6.07) is 15.2. The van der Waals surface area contributed by atoms with Gasteiger partial charge in [0.15, 0.2) is 0 Å². The van der Waals surface area contributed by atoms with Crippen molar-refractivity contribution in [2.24, 2.45) is 0 Å². The van der Waals surface area contributed by atoms with Crippen LogP contribution in [0.15, 0.2) is 66.3 Å². The number of thiophene rings is 1. The lowest BCUT2D eigenvalue weighted by Gasteiger charge is -2.32. The fraction of sp³-hybridized carbons (Fsp3) is 0.346. The summed E-state index contributed by atoms with van der Waals surface area (Å²) in [5.74, 6) is -0.175. The van der Waals surface area contributed by atoms with Gasteiger partial charge in [-0.1, -0.05) is 48.7 Å². The van der Waals surface area contributed by atoms with Gasteiger partial charge in [0, 0.05) is 29.9 Å². The van der Waals surface area contributed by atoms with Crippen LogP contribution in [0.1, 0.15) is 53.3 Å². The maximum atomic E-state index is 13.6. The van der Waals surface area contributed by atoms with Crippen molar-refractivity contribution in [2.75, 3.05) is 0 Å². The van der Waals surface area contributed by atoms with E-state index >= 15 is 0 Å². The molecule has 1 aliphatic rings. The number of nitrogens with one attached hydrogen (secondary N) is 1. The molecule has 0 unspecified atom stereocenters. The molecule has 0 radical (unpaired) electrons. The van der Waals surface area contributed by atoms with E-state index in [1.807, 2.05) is 60.8 Å². The fourth-order valence-electron chi connectivity index (χ4n) is 4.25. The molecule has 1 aromatic carbocycles. The Bertz CT molecular complexity index is 1010. The third-order valence-corrected chi connectivity index (χ3v) is 6.86. The standard InChI is InChI=1S/C26H29N3O2S/c1-19-8-10-20(11-9-19)18-29(24(30)17-23-7-4-16-32-23)25(21-12-14-27-15-13-21)26(31)28-22-5-2-3-6-22/h4,7-16,22,25H,2-3,5-6,17-18H2,1H3,(H,28,31)/t25-/m0/s1. The second-order valence-electron chi connectivity index (χ2n) is 8.44. The van der Waals surface area contributed by atoms with E-state index in [1.165, 1.54) is 0 Å². The molecule has 2 aromatic heterocycles. The molecule has 0 aliphatic heterocycles. The minimum atomic E-state index is -0.702. The number of aryl methyl sites for hydroxylation is 1. The van der Waals surface area contributed by atoms with E-state index in [1.54, 1.807) is 28.6 Å². The molecule has 32 heavy (non-hydrogen) atoms. The van der Waals surface area contributed by atoms with Crippen molar-refractivity contribution in [3.8, 4) is 0 Å². The Balaban J connectivity index is 1.67. The van der Waals surface area contributed by atoms with Gasteiger partial charge in [0.1, 0.15) is 6.04 Å². The summed E-state index contributed by atoms with van der Waals surface area (Å²) in [4.78, 5) is 34.0. The maximum Gasteiger partial charge on any atom is 0.247 e. The molecule has 1 saturated carbocycles. The molecule has 6 heteroatoms. The largest absolute Gasteiger partial charge is 0.351 e. The van der Waals surface area contributed by atoms with Crippen molar-refractivity contribution in [2.45, 2.75) is 57.7 Å². The topological polar surface area (TPSA) is 62.3 Å². The first kappa shape index (κ1) is 22.2. The second kappa shape index (κ2) is 10.6. The van der Waals surface area contributed by atoms with Gasteiger partial charge < -0.3 is 10.2 Å². The van der Waals surface area contributed by atoms with E-state index in [0.717, 1.165) is 47.3 Å². The number of benzene rings is 1. The maximum absolute atomic E-state index is 13.6. The third kappa shape index (κ3) is 5.62. The molecule has 0 saturated heterocycles. The van der Waals surface area contributed by atoms with Gasteiger partial charge >= 0.3 is 0 Å². The Kier molecular flexibility index (Phi) is 7.32. The number of pyridine rings is 1. The zero-order valence-electron chi connectivity index (χ0n) is 18.4. The van der Waals surface area contributed by atoms with E-state index in [2.05, 4.69) is 10.3 Å². The van der Waals surface area contributed by atoms with Crippen molar-refractivity contribution in [3.63, 3.8) is 0 Å². The summed E-state index contributed by atoms with van der Waals surface area (Å²) in [7, 11) is 0. The molecule has 5 nitrogen and oxygen atoms in total. The summed E-state index contributed by atoms with van der Waals surface area (Å²) in [6.45, 7) is 2.41. The van der Waals surface area contributed by atoms with E-state index in [-0.39, 0.29) is 24.3 Å². The van der Waals surface area contributed by atoms with Crippen LogP contribution in [0.3, 0.4) is 0 Å². The number of amides is 2. The van der Waals surface area contributed by atoms with Crippen molar-refractivity contribution < 1.29 is 9.59 Å². The SMILES string of the molecule is Cc1ccc(CN(C(=O)Cc2cccs2)[C@H](C(=O)NC2CCCC2)c2ccncc2)cc1. The molecule has 4 rings (SSSR count). The van der Waals surface area contributed by atoms with Crippen LogP contribution in [0, 0.1) is 6.92 Å². The zero-order chi connectivity index (χ0) is 22.3. The molecule has 166 valence electrons. The van der Waals surface area contributed by atoms with Crippen molar-refractivity contribution in [1.29, 1.82) is 0 Å². The minimum absolute atomic E-state index is 0.0589. The van der Waals surface area contributed by atoms with E-state index in [0.29, 0.717) is 6.54 Å². The molecule has 3 aromatic rings. The van der Waals surface area contributed by atoms with Crippen molar-refractivity contribution >= 4 is 23.2 Å². The quantitative estimate of drug-likeness (QED) is 0.538. The molecular weight excluding hydrogens is 418 g/mol. The van der Waals surface area contributed by atoms with Gasteiger partial charge in [0.25, 0.3) is 0 Å². The molecule has 1 N–H and O–H groups in total. The molecule has 0 bridgehead atoms. The molecule has 2 heterocycles. The number of hydrogen-bond donors (Lipinski definition) is 1. The Hall–Kier alpha value is -2.99. The zero-order valence-corrected chi connectivity index (χ0v) is 19.2. The highest BCUT2D eigenvalue weighted by Crippen LogP contribution is 2.27. The predicted molar refractivity (Wildman–Crippen MR) is 127 cm³/mol. The highest BCUT2D eigenvalue weighted by atomic mass is 32.1. The van der Waals surface area contributed by atoms with Gasteiger partial charge in [0.2, 0.25) is 11.8 Å². The summed E-state index contributed by atoms with van der Waals surface area (Å²) >= 11 is 1.56. The van der Waals surface area contributed by atoms with Crippen molar-refractivity contribution in [1.82, 2.24) is 15.2 Å². The lowest BCUT2D eigenvalue weighted by atomic mass is 10.0. The number of rotatable bonds is 8. The lowest BCUT2D eigenvalue weighted by molar-refractivity contribution is -0.141. The first-order valence-electron chi connectivity index (χ1n) is 11.2. The second-order valence-corrected chi connectivity index (χ2v) is 9.47. The Labute approximate surface area is 193 Å². The smallest absolute Gasteiger partial charge is 0.247 e. The number of nitrogens with zero attached hydrogens (tertiary/aromatic N) is 2. The molecule has 1 aliphatic carbocycles. The number of hydrogen-bond acceptors (Lipinski definition) is 4. The van der Waals surface area contributed by atoms with Crippen molar-refractivity contribution in [3.05, 3.63) is 87.9 Å². The van der Waals surface area contributed by atoms with Crippen LogP contribution in [0.25, 0.3) is 0 Å². The van der Waals surface area contributed by atoms with Gasteiger partial charge in [-0.2, -0.15) is 0 Å². The number of aromatic nitrogens is 1. The summed E-state index contributed by atoms with van der Waals surface area (Å²) < 4.78 is 0. The van der Waals surface area contributed by atoms with Crippen LogP contribution in [0.5, 0.6) is 0 Å². The van der Waals surface area contributed by atoms with Gasteiger partial charge in [0.05, 0.1) is 6.42 Å². The fourth-order valence-corrected chi connectivity index (χ4v) is 4.94. The van der Waals surface area contributed by atoms with Crippen LogP contribution in [-0.2, 0) is 22.6 Å². The van der Waals surface area contributed by atoms with Gasteiger partial charge in [-0.05, 0) is 54.5 Å². The molecule has 0 spiro atoms. The summed E-state index contributed by atoms with van der Waals surface area (Å²) in [5.41, 5.74) is 2.94. The van der Waals surface area contributed by atoms with E-state index < -0.39 is 6.04 Å². The predicted octanol–water partition coefficient (Wildman–Crippen LogP) is 4.82. The summed E-state index contributed by atoms with van der Waals surface area (Å²) in [6.07, 6.45) is 7.90. The van der Waals surface area contributed by atoms with Crippen LogP contribution < -0.4 is 5.32 Å².